The lowest BCUT2D eigenvalue weighted by Crippen LogP contribution is -2.50. The minimum Gasteiger partial charge on any atom is -0.394 e. The summed E-state index contributed by atoms with van der Waals surface area (Å²) in [4.78, 5) is 28.2. The van der Waals surface area contributed by atoms with Crippen molar-refractivity contribution < 1.29 is 19.4 Å². The zero-order valence-corrected chi connectivity index (χ0v) is 16.5. The maximum atomic E-state index is 12.1. The largest absolute Gasteiger partial charge is 0.394 e. The van der Waals surface area contributed by atoms with E-state index in [9.17, 15) is 14.7 Å². The minimum absolute atomic E-state index is 0.0616. The van der Waals surface area contributed by atoms with Crippen LogP contribution >= 0.6 is 0 Å². The molecule has 2 amide bonds. The molecule has 0 spiro atoms. The van der Waals surface area contributed by atoms with Gasteiger partial charge in [0.25, 0.3) is 0 Å². The summed E-state index contributed by atoms with van der Waals surface area (Å²) in [6, 6.07) is -0.388. The maximum absolute atomic E-state index is 12.1. The van der Waals surface area contributed by atoms with Crippen molar-refractivity contribution in [2.24, 2.45) is 0 Å². The Balaban J connectivity index is 1.72. The van der Waals surface area contributed by atoms with E-state index in [0.29, 0.717) is 6.54 Å². The van der Waals surface area contributed by atoms with Gasteiger partial charge in [0, 0.05) is 13.1 Å². The molecule has 8 nitrogen and oxygen atoms in total. The number of aliphatic hydroxyl groups excluding tert-OH is 1. The van der Waals surface area contributed by atoms with E-state index in [4.69, 9.17) is 4.74 Å². The van der Waals surface area contributed by atoms with Crippen LogP contribution in [0.2, 0.25) is 0 Å². The Hall–Kier alpha value is -1.48. The fourth-order valence-electron chi connectivity index (χ4n) is 3.45. The number of amides is 2. The smallest absolute Gasteiger partial charge is 0.234 e. The number of aliphatic hydroxyl groups is 1. The molecule has 2 aliphatic heterocycles. The normalized spacial score (nSPS) is 26.1. The molecule has 3 N–H and O–H groups in total. The second-order valence-electron chi connectivity index (χ2n) is 7.57. The molecule has 1 saturated heterocycles. The third kappa shape index (κ3) is 7.96. The summed E-state index contributed by atoms with van der Waals surface area (Å²) in [6.07, 6.45) is 6.65. The summed E-state index contributed by atoms with van der Waals surface area (Å²) < 4.78 is 5.78. The molecule has 0 aromatic rings. The molecule has 8 heteroatoms. The van der Waals surface area contributed by atoms with Crippen molar-refractivity contribution in [2.75, 3.05) is 53.4 Å². The van der Waals surface area contributed by atoms with E-state index in [0.717, 1.165) is 19.6 Å². The van der Waals surface area contributed by atoms with E-state index in [1.807, 2.05) is 20.2 Å². The molecule has 0 aromatic heterocycles. The van der Waals surface area contributed by atoms with Crippen molar-refractivity contribution in [3.05, 3.63) is 12.2 Å². The van der Waals surface area contributed by atoms with E-state index in [-0.39, 0.29) is 43.5 Å². The van der Waals surface area contributed by atoms with Gasteiger partial charge in [-0.1, -0.05) is 18.6 Å². The van der Waals surface area contributed by atoms with Crippen LogP contribution in [0.15, 0.2) is 12.2 Å². The van der Waals surface area contributed by atoms with E-state index < -0.39 is 6.10 Å². The number of nitrogens with one attached hydrogen (secondary N) is 2. The van der Waals surface area contributed by atoms with Crippen LogP contribution in [-0.2, 0) is 14.3 Å². The van der Waals surface area contributed by atoms with Crippen LogP contribution in [0, 0.1) is 0 Å². The third-order valence-electron chi connectivity index (χ3n) is 4.84. The Morgan fingerprint density at radius 1 is 1.19 bits per heavy atom. The van der Waals surface area contributed by atoms with Crippen molar-refractivity contribution in [1.82, 2.24) is 20.4 Å². The zero-order valence-electron chi connectivity index (χ0n) is 16.5. The van der Waals surface area contributed by atoms with Gasteiger partial charge >= 0.3 is 0 Å². The van der Waals surface area contributed by atoms with E-state index in [1.165, 1.54) is 19.3 Å². The third-order valence-corrected chi connectivity index (χ3v) is 4.84. The van der Waals surface area contributed by atoms with Crippen LogP contribution < -0.4 is 10.6 Å². The first kappa shape index (κ1) is 21.8. The number of hydrogen-bond donors (Lipinski definition) is 3. The summed E-state index contributed by atoms with van der Waals surface area (Å²) in [5, 5.41) is 15.3. The van der Waals surface area contributed by atoms with E-state index in [2.05, 4.69) is 15.5 Å². The molecule has 3 atom stereocenters. The number of nitrogens with zero attached hydrogens (tertiary/aromatic N) is 2. The van der Waals surface area contributed by atoms with Crippen LogP contribution in [-0.4, -0.2) is 98.4 Å². The number of likely N-dealkylation sites (N-methyl/N-ethyl adjacent to an activating group) is 1. The van der Waals surface area contributed by atoms with Gasteiger partial charge in [0.15, 0.2) is 0 Å². The standard InChI is InChI=1S/C19H34N4O4/c1-22(2)13-19(26)21-16-7-6-15(27-17(16)14-24)12-18(25)20-8-11-23-9-4-3-5-10-23/h6-7,15-17,24H,3-5,8-14H2,1-2H3,(H,20,25)(H,21,26)/t15-,16+,17-/m0/s1. The number of ether oxygens (including phenoxy) is 1. The average Bonchev–Trinajstić information content (AvgIpc) is 2.63. The molecular formula is C19H34N4O4. The molecular weight excluding hydrogens is 348 g/mol. The maximum Gasteiger partial charge on any atom is 0.234 e. The van der Waals surface area contributed by atoms with Crippen molar-refractivity contribution >= 4 is 11.8 Å². The quantitative estimate of drug-likeness (QED) is 0.459. The van der Waals surface area contributed by atoms with Crippen molar-refractivity contribution in [2.45, 2.75) is 43.9 Å². The van der Waals surface area contributed by atoms with E-state index in [1.54, 1.807) is 11.0 Å². The zero-order chi connectivity index (χ0) is 19.6. The molecule has 0 aromatic carbocycles. The lowest BCUT2D eigenvalue weighted by atomic mass is 10.0. The predicted octanol–water partition coefficient (Wildman–Crippen LogP) is -0.659. The van der Waals surface area contributed by atoms with Gasteiger partial charge in [0.05, 0.1) is 31.7 Å². The van der Waals surface area contributed by atoms with Crippen LogP contribution in [0.3, 0.4) is 0 Å². The van der Waals surface area contributed by atoms with Crippen LogP contribution in [0.4, 0.5) is 0 Å². The summed E-state index contributed by atoms with van der Waals surface area (Å²) in [5.74, 6) is -0.195. The molecule has 0 bridgehead atoms. The molecule has 1 fully saturated rings. The van der Waals surface area contributed by atoms with Gasteiger partial charge in [-0.15, -0.1) is 0 Å². The van der Waals surface area contributed by atoms with Crippen LogP contribution in [0.1, 0.15) is 25.7 Å². The lowest BCUT2D eigenvalue weighted by molar-refractivity contribution is -0.128. The van der Waals surface area contributed by atoms with Gasteiger partial charge in [-0.05, 0) is 40.0 Å². The monoisotopic (exact) mass is 382 g/mol. The molecule has 2 aliphatic rings. The number of carbonyl (C=O) groups excluding carboxylic acids is 2. The second-order valence-corrected chi connectivity index (χ2v) is 7.57. The Bertz CT molecular complexity index is 506. The molecule has 0 aliphatic carbocycles. The number of hydrogen-bond acceptors (Lipinski definition) is 6. The highest BCUT2D eigenvalue weighted by atomic mass is 16.5. The van der Waals surface area contributed by atoms with Crippen molar-refractivity contribution in [3.63, 3.8) is 0 Å². The van der Waals surface area contributed by atoms with Gasteiger partial charge in [-0.25, -0.2) is 0 Å². The van der Waals surface area contributed by atoms with Gasteiger partial charge in [-0.3, -0.25) is 9.59 Å². The van der Waals surface area contributed by atoms with Crippen molar-refractivity contribution in [1.29, 1.82) is 0 Å². The molecule has 27 heavy (non-hydrogen) atoms. The second kappa shape index (κ2) is 11.4. The van der Waals surface area contributed by atoms with Gasteiger partial charge < -0.3 is 30.3 Å². The highest BCUT2D eigenvalue weighted by Crippen LogP contribution is 2.15. The van der Waals surface area contributed by atoms with E-state index >= 15 is 0 Å². The number of likely N-dealkylation sites (tertiary alicyclic amines) is 1. The molecule has 2 rings (SSSR count). The summed E-state index contributed by atoms with van der Waals surface area (Å²) in [7, 11) is 3.63. The molecule has 2 heterocycles. The van der Waals surface area contributed by atoms with Crippen LogP contribution in [0.5, 0.6) is 0 Å². The Morgan fingerprint density at radius 3 is 2.59 bits per heavy atom. The minimum atomic E-state index is -0.549. The Morgan fingerprint density at radius 2 is 1.93 bits per heavy atom. The fourth-order valence-corrected chi connectivity index (χ4v) is 3.45. The number of rotatable bonds is 9. The first-order valence-corrected chi connectivity index (χ1v) is 9.85. The van der Waals surface area contributed by atoms with Gasteiger partial charge in [-0.2, -0.15) is 0 Å². The van der Waals surface area contributed by atoms with Crippen molar-refractivity contribution in [3.8, 4) is 0 Å². The predicted molar refractivity (Wildman–Crippen MR) is 103 cm³/mol. The van der Waals surface area contributed by atoms with Crippen LogP contribution in [0.25, 0.3) is 0 Å². The summed E-state index contributed by atoms with van der Waals surface area (Å²) in [5.41, 5.74) is 0. The summed E-state index contributed by atoms with van der Waals surface area (Å²) in [6.45, 7) is 3.80. The number of carbonyl (C=O) groups is 2. The molecule has 0 unspecified atom stereocenters. The first-order chi connectivity index (χ1) is 13.0. The van der Waals surface area contributed by atoms with Gasteiger partial charge in [0.1, 0.15) is 6.10 Å². The molecule has 0 radical (unpaired) electrons. The SMILES string of the molecule is CN(C)CC(=O)N[C@@H]1C=C[C@@H](CC(=O)NCCN2CCCCC2)O[C@H]1CO. The Kier molecular flexibility index (Phi) is 9.20. The Labute approximate surface area is 161 Å². The number of piperidine rings is 1. The highest BCUT2D eigenvalue weighted by Gasteiger charge is 2.29. The fraction of sp³-hybridized carbons (Fsp3) is 0.789. The molecule has 154 valence electrons. The first-order valence-electron chi connectivity index (χ1n) is 9.85. The topological polar surface area (TPSA) is 94.1 Å². The highest BCUT2D eigenvalue weighted by molar-refractivity contribution is 5.78. The van der Waals surface area contributed by atoms with Gasteiger partial charge in [0.2, 0.25) is 11.8 Å². The summed E-state index contributed by atoms with van der Waals surface area (Å²) >= 11 is 0. The molecule has 0 saturated carbocycles. The average molecular weight is 383 g/mol. The lowest BCUT2D eigenvalue weighted by Gasteiger charge is -2.32.